The fraction of sp³-hybridized carbons (Fsp3) is 0.833. The van der Waals surface area contributed by atoms with Crippen LogP contribution in [-0.2, 0) is 23.8 Å². The lowest BCUT2D eigenvalue weighted by Gasteiger charge is -2.29. The molecule has 7 heteroatoms. The maximum atomic E-state index is 12.9. The lowest BCUT2D eigenvalue weighted by Crippen LogP contribution is -2.43. The molecule has 108 valence electrons. The van der Waals surface area contributed by atoms with Crippen LogP contribution in [0.1, 0.15) is 26.7 Å². The number of carbonyl (C=O) groups is 2. The Balaban J connectivity index is 1.93. The largest absolute Gasteiger partial charge is 0.462 e. The second-order valence-electron chi connectivity index (χ2n) is 5.61. The molecule has 0 aliphatic carbocycles. The summed E-state index contributed by atoms with van der Waals surface area (Å²) in [5.74, 6) is -4.30. The van der Waals surface area contributed by atoms with E-state index in [1.165, 1.54) is 0 Å². The molecule has 0 radical (unpaired) electrons. The highest BCUT2D eigenvalue weighted by Gasteiger charge is 2.48. The molecule has 0 aromatic rings. The summed E-state index contributed by atoms with van der Waals surface area (Å²) in [5, 5.41) is 0. The number of carbonyl (C=O) groups excluding carboxylic acids is 2. The lowest BCUT2D eigenvalue weighted by atomic mass is 9.90. The summed E-state index contributed by atoms with van der Waals surface area (Å²) in [6, 6.07) is 0. The van der Waals surface area contributed by atoms with Crippen molar-refractivity contribution in [2.24, 2.45) is 5.41 Å². The highest BCUT2D eigenvalue weighted by molar-refractivity contribution is 5.83. The van der Waals surface area contributed by atoms with Crippen molar-refractivity contribution in [3.05, 3.63) is 0 Å². The molecule has 0 N–H and O–H groups in total. The molecule has 2 aliphatic rings. The van der Waals surface area contributed by atoms with Gasteiger partial charge in [-0.1, -0.05) is 13.8 Å². The summed E-state index contributed by atoms with van der Waals surface area (Å²) in [4.78, 5) is 23.2. The average molecular weight is 278 g/mol. The van der Waals surface area contributed by atoms with E-state index in [-0.39, 0.29) is 13.0 Å². The molecule has 0 aromatic heterocycles. The SMILES string of the molecule is CC1(C)COC(=O)[C@H]1OC(=O)[C@H]1CCC(F)(F)CO1. The number of rotatable bonds is 2. The molecule has 0 bridgehead atoms. The first-order chi connectivity index (χ1) is 8.71. The Morgan fingerprint density at radius 2 is 2.05 bits per heavy atom. The standard InChI is InChI=1S/C12H16F2O5/c1-11(2)5-18-10(16)8(11)19-9(15)7-3-4-12(13,14)6-17-7/h7-8H,3-6H2,1-2H3/t7-,8-/m1/s1. The normalized spacial score (nSPS) is 32.7. The number of halogens is 2. The molecule has 2 rings (SSSR count). The summed E-state index contributed by atoms with van der Waals surface area (Å²) < 4.78 is 40.4. The van der Waals surface area contributed by atoms with Gasteiger partial charge in [-0.3, -0.25) is 0 Å². The zero-order valence-electron chi connectivity index (χ0n) is 10.8. The van der Waals surface area contributed by atoms with Crippen LogP contribution in [-0.4, -0.2) is 43.3 Å². The van der Waals surface area contributed by atoms with Gasteiger partial charge in [-0.05, 0) is 6.42 Å². The molecule has 0 amide bonds. The minimum atomic E-state index is -2.90. The van der Waals surface area contributed by atoms with Gasteiger partial charge in [0, 0.05) is 11.8 Å². The van der Waals surface area contributed by atoms with Gasteiger partial charge in [0.15, 0.2) is 6.10 Å². The maximum Gasteiger partial charge on any atom is 0.348 e. The maximum absolute atomic E-state index is 12.9. The summed E-state index contributed by atoms with van der Waals surface area (Å²) in [6.07, 6.45) is -2.59. The van der Waals surface area contributed by atoms with Crippen LogP contribution in [0.25, 0.3) is 0 Å². The van der Waals surface area contributed by atoms with Crippen LogP contribution in [0, 0.1) is 5.41 Å². The minimum absolute atomic E-state index is 0.117. The van der Waals surface area contributed by atoms with E-state index in [1.54, 1.807) is 13.8 Å². The predicted molar refractivity (Wildman–Crippen MR) is 58.5 cm³/mol. The molecule has 19 heavy (non-hydrogen) atoms. The number of alkyl halides is 2. The van der Waals surface area contributed by atoms with Gasteiger partial charge in [-0.15, -0.1) is 0 Å². The fourth-order valence-corrected chi connectivity index (χ4v) is 2.03. The van der Waals surface area contributed by atoms with Crippen LogP contribution in [0.3, 0.4) is 0 Å². The van der Waals surface area contributed by atoms with Gasteiger partial charge in [0.25, 0.3) is 5.92 Å². The van der Waals surface area contributed by atoms with Gasteiger partial charge in [-0.2, -0.15) is 0 Å². The van der Waals surface area contributed by atoms with Crippen LogP contribution in [0.5, 0.6) is 0 Å². The van der Waals surface area contributed by atoms with Crippen molar-refractivity contribution in [3.63, 3.8) is 0 Å². The van der Waals surface area contributed by atoms with Crippen molar-refractivity contribution < 1.29 is 32.6 Å². The van der Waals surface area contributed by atoms with Crippen LogP contribution in [0.15, 0.2) is 0 Å². The fourth-order valence-electron chi connectivity index (χ4n) is 2.03. The average Bonchev–Trinajstić information content (AvgIpc) is 2.56. The Morgan fingerprint density at radius 3 is 2.53 bits per heavy atom. The van der Waals surface area contributed by atoms with Crippen molar-refractivity contribution in [3.8, 4) is 0 Å². The monoisotopic (exact) mass is 278 g/mol. The molecule has 2 aliphatic heterocycles. The molecule has 0 saturated carbocycles. The van der Waals surface area contributed by atoms with E-state index in [4.69, 9.17) is 14.2 Å². The van der Waals surface area contributed by atoms with Crippen LogP contribution in [0.4, 0.5) is 8.78 Å². The number of cyclic esters (lactones) is 1. The molecule has 2 saturated heterocycles. The quantitative estimate of drug-likeness (QED) is 0.712. The molecule has 0 aromatic carbocycles. The smallest absolute Gasteiger partial charge is 0.348 e. The number of hydrogen-bond acceptors (Lipinski definition) is 5. The van der Waals surface area contributed by atoms with E-state index < -0.39 is 48.5 Å². The first kappa shape index (κ1) is 14.2. The number of esters is 2. The molecule has 2 atom stereocenters. The van der Waals surface area contributed by atoms with Gasteiger partial charge in [-0.25, -0.2) is 18.4 Å². The van der Waals surface area contributed by atoms with Gasteiger partial charge >= 0.3 is 11.9 Å². The summed E-state index contributed by atoms with van der Waals surface area (Å²) >= 11 is 0. The van der Waals surface area contributed by atoms with Crippen molar-refractivity contribution >= 4 is 11.9 Å². The topological polar surface area (TPSA) is 61.8 Å². The third kappa shape index (κ3) is 3.02. The van der Waals surface area contributed by atoms with Crippen molar-refractivity contribution in [2.45, 2.75) is 44.8 Å². The molecule has 0 unspecified atom stereocenters. The number of hydrogen-bond donors (Lipinski definition) is 0. The summed E-state index contributed by atoms with van der Waals surface area (Å²) in [7, 11) is 0. The van der Waals surface area contributed by atoms with Gasteiger partial charge < -0.3 is 14.2 Å². The van der Waals surface area contributed by atoms with Gasteiger partial charge in [0.2, 0.25) is 6.10 Å². The van der Waals surface area contributed by atoms with Crippen molar-refractivity contribution in [1.29, 1.82) is 0 Å². The van der Waals surface area contributed by atoms with Crippen LogP contribution >= 0.6 is 0 Å². The first-order valence-electron chi connectivity index (χ1n) is 6.08. The Labute approximate surface area is 109 Å². The minimum Gasteiger partial charge on any atom is -0.462 e. The Bertz CT molecular complexity index is 384. The van der Waals surface area contributed by atoms with Gasteiger partial charge in [0.05, 0.1) is 0 Å². The van der Waals surface area contributed by atoms with E-state index in [9.17, 15) is 18.4 Å². The Hall–Kier alpha value is -1.24. The predicted octanol–water partition coefficient (Wildman–Crippen LogP) is 1.30. The number of ether oxygens (including phenoxy) is 3. The van der Waals surface area contributed by atoms with Crippen molar-refractivity contribution in [1.82, 2.24) is 0 Å². The zero-order chi connectivity index (χ0) is 14.3. The summed E-state index contributed by atoms with van der Waals surface area (Å²) in [6.45, 7) is 2.82. The Kier molecular flexibility index (Phi) is 3.51. The second-order valence-corrected chi connectivity index (χ2v) is 5.61. The molecule has 5 nitrogen and oxygen atoms in total. The van der Waals surface area contributed by atoms with E-state index in [1.807, 2.05) is 0 Å². The molecule has 2 fully saturated rings. The zero-order valence-corrected chi connectivity index (χ0v) is 10.8. The van der Waals surface area contributed by atoms with E-state index >= 15 is 0 Å². The molecule has 2 heterocycles. The first-order valence-corrected chi connectivity index (χ1v) is 6.08. The lowest BCUT2D eigenvalue weighted by molar-refractivity contribution is -0.189. The van der Waals surface area contributed by atoms with Crippen molar-refractivity contribution in [2.75, 3.05) is 13.2 Å². The second kappa shape index (κ2) is 4.70. The third-order valence-electron chi connectivity index (χ3n) is 3.28. The molecule has 0 spiro atoms. The van der Waals surface area contributed by atoms with E-state index in [0.29, 0.717) is 0 Å². The van der Waals surface area contributed by atoms with Crippen LogP contribution in [0.2, 0.25) is 0 Å². The third-order valence-corrected chi connectivity index (χ3v) is 3.28. The molecular formula is C12H16F2O5. The van der Waals surface area contributed by atoms with Crippen LogP contribution < -0.4 is 0 Å². The van der Waals surface area contributed by atoms with E-state index in [0.717, 1.165) is 0 Å². The Morgan fingerprint density at radius 1 is 1.37 bits per heavy atom. The highest BCUT2D eigenvalue weighted by Crippen LogP contribution is 2.33. The van der Waals surface area contributed by atoms with E-state index in [2.05, 4.69) is 0 Å². The highest BCUT2D eigenvalue weighted by atomic mass is 19.3. The van der Waals surface area contributed by atoms with Gasteiger partial charge in [0.1, 0.15) is 13.2 Å². The molecular weight excluding hydrogens is 262 g/mol. The summed E-state index contributed by atoms with van der Waals surface area (Å²) in [5.41, 5.74) is -0.620.